The second-order valence-corrected chi connectivity index (χ2v) is 4.38. The number of aromatic hydroxyl groups is 1. The van der Waals surface area contributed by atoms with Gasteiger partial charge in [-0.05, 0) is 36.4 Å². The highest BCUT2D eigenvalue weighted by Gasteiger charge is 2.00. The fourth-order valence-corrected chi connectivity index (χ4v) is 2.11. The van der Waals surface area contributed by atoms with E-state index in [0.717, 1.165) is 11.4 Å². The van der Waals surface area contributed by atoms with Crippen LogP contribution in [-0.2, 0) is 7.05 Å². The molecular weight excluding hydrogens is 224 g/mol. The van der Waals surface area contributed by atoms with Gasteiger partial charge in [0.2, 0.25) is 0 Å². The highest BCUT2D eigenvalue weighted by molar-refractivity contribution is 5.84. The molecule has 3 heteroatoms. The molecule has 1 heterocycles. The van der Waals surface area contributed by atoms with Gasteiger partial charge < -0.3 is 15.0 Å². The molecule has 0 atom stereocenters. The number of nitrogens with one attached hydrogen (secondary N) is 1. The summed E-state index contributed by atoms with van der Waals surface area (Å²) >= 11 is 0. The number of anilines is 2. The van der Waals surface area contributed by atoms with E-state index < -0.39 is 0 Å². The summed E-state index contributed by atoms with van der Waals surface area (Å²) in [6, 6.07) is 15.4. The third-order valence-electron chi connectivity index (χ3n) is 3.02. The van der Waals surface area contributed by atoms with Gasteiger partial charge >= 0.3 is 0 Å². The van der Waals surface area contributed by atoms with Gasteiger partial charge in [-0.3, -0.25) is 0 Å². The Hall–Kier alpha value is -2.42. The Morgan fingerprint density at radius 1 is 1.00 bits per heavy atom. The molecule has 0 unspecified atom stereocenters. The summed E-state index contributed by atoms with van der Waals surface area (Å²) in [6.45, 7) is 0. The van der Waals surface area contributed by atoms with E-state index in [1.165, 1.54) is 10.9 Å². The largest absolute Gasteiger partial charge is 0.508 e. The topological polar surface area (TPSA) is 37.2 Å². The van der Waals surface area contributed by atoms with Gasteiger partial charge in [0.25, 0.3) is 0 Å². The van der Waals surface area contributed by atoms with E-state index in [1.54, 1.807) is 12.1 Å². The van der Waals surface area contributed by atoms with Crippen LogP contribution < -0.4 is 5.32 Å². The van der Waals surface area contributed by atoms with E-state index in [4.69, 9.17) is 0 Å². The van der Waals surface area contributed by atoms with Crippen LogP contribution in [0.25, 0.3) is 10.9 Å². The Morgan fingerprint density at radius 2 is 1.83 bits per heavy atom. The number of fused-ring (bicyclic) bond motifs is 1. The van der Waals surface area contributed by atoms with Crippen LogP contribution in [-0.4, -0.2) is 9.67 Å². The number of phenols is 1. The normalized spacial score (nSPS) is 10.7. The number of aryl methyl sites for hydroxylation is 1. The smallest absolute Gasteiger partial charge is 0.117 e. The van der Waals surface area contributed by atoms with Gasteiger partial charge in [0.1, 0.15) is 5.75 Å². The monoisotopic (exact) mass is 238 g/mol. The molecule has 0 aliphatic carbocycles. The first kappa shape index (κ1) is 10.7. The molecule has 18 heavy (non-hydrogen) atoms. The molecule has 0 bridgehead atoms. The summed E-state index contributed by atoms with van der Waals surface area (Å²) in [6.07, 6.45) is 2.04. The van der Waals surface area contributed by atoms with Crippen LogP contribution in [0.5, 0.6) is 5.75 Å². The summed E-state index contributed by atoms with van der Waals surface area (Å²) in [5.41, 5.74) is 3.10. The zero-order valence-corrected chi connectivity index (χ0v) is 10.1. The molecule has 0 spiro atoms. The Bertz CT molecular complexity index is 701. The summed E-state index contributed by atoms with van der Waals surface area (Å²) < 4.78 is 2.09. The molecule has 0 fully saturated rings. The number of hydrogen-bond donors (Lipinski definition) is 2. The molecule has 0 aliphatic rings. The molecule has 3 nitrogen and oxygen atoms in total. The van der Waals surface area contributed by atoms with Crippen LogP contribution in [0.3, 0.4) is 0 Å². The highest BCUT2D eigenvalue weighted by Crippen LogP contribution is 2.24. The lowest BCUT2D eigenvalue weighted by molar-refractivity contribution is 0.475. The van der Waals surface area contributed by atoms with Gasteiger partial charge in [-0.25, -0.2) is 0 Å². The van der Waals surface area contributed by atoms with Crippen molar-refractivity contribution in [2.24, 2.45) is 7.05 Å². The molecule has 0 amide bonds. The lowest BCUT2D eigenvalue weighted by Crippen LogP contribution is -1.90. The van der Waals surface area contributed by atoms with E-state index in [0.29, 0.717) is 0 Å². The Balaban J connectivity index is 1.95. The number of rotatable bonds is 2. The maximum atomic E-state index is 9.42. The average molecular weight is 238 g/mol. The van der Waals surface area contributed by atoms with Crippen LogP contribution in [0.1, 0.15) is 0 Å². The molecule has 0 saturated heterocycles. The quantitative estimate of drug-likeness (QED) is 0.715. The minimum absolute atomic E-state index is 0.265. The summed E-state index contributed by atoms with van der Waals surface area (Å²) in [5.74, 6) is 0.265. The van der Waals surface area contributed by atoms with Crippen LogP contribution in [0.2, 0.25) is 0 Å². The van der Waals surface area contributed by atoms with Crippen molar-refractivity contribution in [2.45, 2.75) is 0 Å². The van der Waals surface area contributed by atoms with Crippen LogP contribution in [0.4, 0.5) is 11.4 Å². The molecule has 0 saturated carbocycles. The van der Waals surface area contributed by atoms with Crippen molar-refractivity contribution in [3.63, 3.8) is 0 Å². The van der Waals surface area contributed by atoms with Gasteiger partial charge in [-0.2, -0.15) is 0 Å². The predicted molar refractivity (Wildman–Crippen MR) is 74.3 cm³/mol. The predicted octanol–water partition coefficient (Wildman–Crippen LogP) is 3.63. The fourth-order valence-electron chi connectivity index (χ4n) is 2.11. The van der Waals surface area contributed by atoms with Crippen molar-refractivity contribution < 1.29 is 5.11 Å². The number of aromatic nitrogens is 1. The number of benzene rings is 2. The maximum absolute atomic E-state index is 9.42. The molecule has 0 radical (unpaired) electrons. The van der Waals surface area contributed by atoms with Gasteiger partial charge in [-0.1, -0.05) is 6.07 Å². The van der Waals surface area contributed by atoms with Crippen molar-refractivity contribution in [1.82, 2.24) is 4.57 Å². The molecule has 0 aliphatic heterocycles. The first-order valence-electron chi connectivity index (χ1n) is 5.83. The average Bonchev–Trinajstić information content (AvgIpc) is 2.71. The standard InChI is InChI=1S/C15H14N2O/c1-17-8-7-11-9-13(5-6-15(11)17)16-12-3-2-4-14(18)10-12/h2-10,16,18H,1H3. The molecule has 3 rings (SSSR count). The van der Waals surface area contributed by atoms with Crippen LogP contribution >= 0.6 is 0 Å². The van der Waals surface area contributed by atoms with E-state index >= 15 is 0 Å². The molecule has 90 valence electrons. The number of phenolic OH excluding ortho intramolecular Hbond substituents is 1. The summed E-state index contributed by atoms with van der Waals surface area (Å²) in [4.78, 5) is 0. The zero-order chi connectivity index (χ0) is 12.5. The Kier molecular flexibility index (Phi) is 2.45. The van der Waals surface area contributed by atoms with Crippen LogP contribution in [0.15, 0.2) is 54.7 Å². The van der Waals surface area contributed by atoms with E-state index in [1.807, 2.05) is 31.4 Å². The van der Waals surface area contributed by atoms with Crippen molar-refractivity contribution in [2.75, 3.05) is 5.32 Å². The number of hydrogen-bond acceptors (Lipinski definition) is 2. The minimum atomic E-state index is 0.265. The van der Waals surface area contributed by atoms with Crippen LogP contribution in [0, 0.1) is 0 Å². The molecule has 2 aromatic carbocycles. The lowest BCUT2D eigenvalue weighted by atomic mass is 10.2. The van der Waals surface area contributed by atoms with E-state index in [9.17, 15) is 5.11 Å². The van der Waals surface area contributed by atoms with Gasteiger partial charge in [0.05, 0.1) is 0 Å². The highest BCUT2D eigenvalue weighted by atomic mass is 16.3. The van der Waals surface area contributed by atoms with Crippen molar-refractivity contribution in [3.05, 3.63) is 54.7 Å². The molecular formula is C15H14N2O. The second-order valence-electron chi connectivity index (χ2n) is 4.38. The van der Waals surface area contributed by atoms with E-state index in [2.05, 4.69) is 28.1 Å². The van der Waals surface area contributed by atoms with Crippen molar-refractivity contribution in [3.8, 4) is 5.75 Å². The van der Waals surface area contributed by atoms with Gasteiger partial charge in [-0.15, -0.1) is 0 Å². The molecule has 2 N–H and O–H groups in total. The zero-order valence-electron chi connectivity index (χ0n) is 10.1. The number of nitrogens with zero attached hydrogens (tertiary/aromatic N) is 1. The van der Waals surface area contributed by atoms with E-state index in [-0.39, 0.29) is 5.75 Å². The Labute approximate surface area is 105 Å². The Morgan fingerprint density at radius 3 is 2.67 bits per heavy atom. The third kappa shape index (κ3) is 1.91. The van der Waals surface area contributed by atoms with Gasteiger partial charge in [0.15, 0.2) is 0 Å². The first-order chi connectivity index (χ1) is 8.72. The molecule has 3 aromatic rings. The first-order valence-corrected chi connectivity index (χ1v) is 5.83. The second kappa shape index (κ2) is 4.11. The SMILES string of the molecule is Cn1ccc2cc(Nc3cccc(O)c3)ccc21. The van der Waals surface area contributed by atoms with Crippen molar-refractivity contribution in [1.29, 1.82) is 0 Å². The summed E-state index contributed by atoms with van der Waals surface area (Å²) in [5, 5.41) is 13.9. The molecule has 1 aromatic heterocycles. The third-order valence-corrected chi connectivity index (χ3v) is 3.02. The lowest BCUT2D eigenvalue weighted by Gasteiger charge is -2.07. The van der Waals surface area contributed by atoms with Crippen molar-refractivity contribution >= 4 is 22.3 Å². The fraction of sp³-hybridized carbons (Fsp3) is 0.0667. The van der Waals surface area contributed by atoms with Gasteiger partial charge in [0, 0.05) is 41.6 Å². The minimum Gasteiger partial charge on any atom is -0.508 e. The maximum Gasteiger partial charge on any atom is 0.117 e. The summed E-state index contributed by atoms with van der Waals surface area (Å²) in [7, 11) is 2.03.